The Kier molecular flexibility index (Phi) is 7.54. The predicted molar refractivity (Wildman–Crippen MR) is 148 cm³/mol. The van der Waals surface area contributed by atoms with Crippen LogP contribution in [0.1, 0.15) is 37.2 Å². The van der Waals surface area contributed by atoms with Gasteiger partial charge in [-0.3, -0.25) is 9.59 Å². The molecule has 0 aliphatic heterocycles. The van der Waals surface area contributed by atoms with Gasteiger partial charge in [0.25, 0.3) is 18.2 Å². The molecule has 0 saturated heterocycles. The summed E-state index contributed by atoms with van der Waals surface area (Å²) in [5.41, 5.74) is 5.65. The van der Waals surface area contributed by atoms with Crippen LogP contribution in [0.3, 0.4) is 0 Å². The van der Waals surface area contributed by atoms with Crippen LogP contribution in [-0.4, -0.2) is 26.6 Å². The minimum absolute atomic E-state index is 0.0104. The number of ether oxygens (including phenoxy) is 1. The van der Waals surface area contributed by atoms with Crippen molar-refractivity contribution in [2.45, 2.75) is 20.1 Å². The predicted octanol–water partition coefficient (Wildman–Crippen LogP) is 7.16. The van der Waals surface area contributed by atoms with Gasteiger partial charge in [0.15, 0.2) is 12.4 Å². The summed E-state index contributed by atoms with van der Waals surface area (Å²) < 4.78 is 34.3. The lowest BCUT2D eigenvalue weighted by molar-refractivity contribution is 0.100. The molecule has 5 rings (SSSR count). The lowest BCUT2D eigenvalue weighted by Gasteiger charge is -2.10. The Hall–Kier alpha value is -3.58. The number of carbonyl (C=O) groups excluding carboxylic acids is 2. The van der Waals surface area contributed by atoms with E-state index in [2.05, 4.69) is 15.4 Å². The van der Waals surface area contributed by atoms with Crippen molar-refractivity contribution in [3.05, 3.63) is 79.8 Å². The van der Waals surface area contributed by atoms with Crippen LogP contribution in [0.4, 0.5) is 14.5 Å². The minimum Gasteiger partial charge on any atom is -0.470 e. The standard InChI is InChI=1S/C25H17Cl2F2N5O3S2/c1-11-5-6-17(38-11)12-9-15(22(28)29)31-25-18(12)20(21(39-25)23(30)35)32-24(36)14-7-8-34(33-14)10-37-16-4-2-3-13(26)19(16)27/h2-9,22H,10H2,1H3,(H2,30,35)(H,32,36). The van der Waals surface area contributed by atoms with Crippen molar-refractivity contribution in [2.75, 3.05) is 5.32 Å². The van der Waals surface area contributed by atoms with E-state index in [1.807, 2.05) is 13.0 Å². The molecule has 1 aromatic carbocycles. The Balaban J connectivity index is 1.48. The van der Waals surface area contributed by atoms with E-state index in [0.717, 1.165) is 16.2 Å². The second-order valence-electron chi connectivity index (χ2n) is 8.18. The maximum Gasteiger partial charge on any atom is 0.280 e. The highest BCUT2D eigenvalue weighted by Gasteiger charge is 2.26. The van der Waals surface area contributed by atoms with Crippen LogP contribution in [0.15, 0.2) is 48.7 Å². The molecule has 14 heteroatoms. The number of rotatable bonds is 8. The number of nitrogens with zero attached hydrogens (tertiary/aromatic N) is 3. The summed E-state index contributed by atoms with van der Waals surface area (Å²) in [6, 6.07) is 11.3. The molecule has 2 amide bonds. The van der Waals surface area contributed by atoms with Gasteiger partial charge >= 0.3 is 0 Å². The van der Waals surface area contributed by atoms with Crippen LogP contribution in [0.2, 0.25) is 10.0 Å². The van der Waals surface area contributed by atoms with E-state index >= 15 is 0 Å². The molecular weight excluding hydrogens is 591 g/mol. The summed E-state index contributed by atoms with van der Waals surface area (Å²) in [5, 5.41) is 7.82. The number of alkyl halides is 2. The average molecular weight is 608 g/mol. The number of carbonyl (C=O) groups is 2. The Morgan fingerprint density at radius 1 is 1.18 bits per heavy atom. The number of fused-ring (bicyclic) bond motifs is 1. The summed E-state index contributed by atoms with van der Waals surface area (Å²) in [7, 11) is 0. The summed E-state index contributed by atoms with van der Waals surface area (Å²) in [6.07, 6.45) is -1.32. The average Bonchev–Trinajstić information content (AvgIpc) is 3.63. The number of pyridine rings is 1. The van der Waals surface area contributed by atoms with Gasteiger partial charge in [0.2, 0.25) is 0 Å². The van der Waals surface area contributed by atoms with Gasteiger partial charge < -0.3 is 15.8 Å². The Labute approximate surface area is 237 Å². The van der Waals surface area contributed by atoms with Crippen LogP contribution >= 0.6 is 45.9 Å². The van der Waals surface area contributed by atoms with Crippen LogP contribution in [-0.2, 0) is 6.73 Å². The van der Waals surface area contributed by atoms with E-state index in [0.29, 0.717) is 26.6 Å². The minimum atomic E-state index is -2.83. The third-order valence-electron chi connectivity index (χ3n) is 5.52. The van der Waals surface area contributed by atoms with Gasteiger partial charge in [0.05, 0.1) is 10.7 Å². The van der Waals surface area contributed by atoms with Crippen molar-refractivity contribution in [3.8, 4) is 16.2 Å². The number of halogens is 4. The molecule has 0 saturated carbocycles. The summed E-state index contributed by atoms with van der Waals surface area (Å²) in [4.78, 5) is 31.3. The molecular formula is C25H17Cl2F2N5O3S2. The molecule has 0 bridgehead atoms. The smallest absolute Gasteiger partial charge is 0.280 e. The molecule has 4 heterocycles. The van der Waals surface area contributed by atoms with Gasteiger partial charge in [0, 0.05) is 26.9 Å². The van der Waals surface area contributed by atoms with E-state index in [-0.39, 0.29) is 32.8 Å². The van der Waals surface area contributed by atoms with Crippen LogP contribution in [0.25, 0.3) is 20.7 Å². The maximum atomic E-state index is 13.7. The van der Waals surface area contributed by atoms with Gasteiger partial charge in [-0.05, 0) is 43.3 Å². The van der Waals surface area contributed by atoms with E-state index in [1.165, 1.54) is 34.3 Å². The molecule has 8 nitrogen and oxygen atoms in total. The SMILES string of the molecule is Cc1ccc(-c2cc(C(F)F)nc3sc(C(N)=O)c(NC(=O)c4ccn(COc5cccc(Cl)c5Cl)n4)c23)s1. The normalized spacial score (nSPS) is 11.3. The second-order valence-corrected chi connectivity index (χ2v) is 11.2. The topological polar surface area (TPSA) is 112 Å². The Morgan fingerprint density at radius 2 is 1.97 bits per heavy atom. The Bertz CT molecular complexity index is 1730. The largest absolute Gasteiger partial charge is 0.470 e. The monoisotopic (exact) mass is 607 g/mol. The number of anilines is 1. The molecule has 3 N–H and O–H groups in total. The fourth-order valence-corrected chi connectivity index (χ4v) is 6.01. The van der Waals surface area contributed by atoms with Crippen molar-refractivity contribution >= 4 is 73.6 Å². The zero-order chi connectivity index (χ0) is 27.8. The molecule has 200 valence electrons. The molecule has 0 atom stereocenters. The van der Waals surface area contributed by atoms with E-state index in [1.54, 1.807) is 24.3 Å². The number of hydrogen-bond donors (Lipinski definition) is 2. The van der Waals surface area contributed by atoms with Crippen molar-refractivity contribution in [1.29, 1.82) is 0 Å². The van der Waals surface area contributed by atoms with Crippen LogP contribution in [0, 0.1) is 6.92 Å². The molecule has 5 aromatic rings. The maximum absolute atomic E-state index is 13.7. The molecule has 0 aliphatic rings. The number of thiophene rings is 2. The molecule has 0 fully saturated rings. The quantitative estimate of drug-likeness (QED) is 0.194. The third-order valence-corrected chi connectivity index (χ3v) is 8.45. The fourth-order valence-electron chi connectivity index (χ4n) is 3.76. The van der Waals surface area contributed by atoms with Gasteiger partial charge in [-0.15, -0.1) is 22.7 Å². The summed E-state index contributed by atoms with van der Waals surface area (Å²) >= 11 is 14.3. The number of aryl methyl sites for hydroxylation is 1. The number of aromatic nitrogens is 3. The van der Waals surface area contributed by atoms with E-state index in [4.69, 9.17) is 33.7 Å². The molecule has 0 spiro atoms. The first kappa shape index (κ1) is 27.0. The highest BCUT2D eigenvalue weighted by atomic mass is 35.5. The number of amides is 2. The van der Waals surface area contributed by atoms with Crippen LogP contribution in [0.5, 0.6) is 5.75 Å². The molecule has 0 aliphatic carbocycles. The molecule has 0 unspecified atom stereocenters. The fraction of sp³-hybridized carbons (Fsp3) is 0.120. The number of hydrogen-bond acceptors (Lipinski definition) is 7. The Morgan fingerprint density at radius 3 is 2.67 bits per heavy atom. The summed E-state index contributed by atoms with van der Waals surface area (Å²) in [5.74, 6) is -1.14. The van der Waals surface area contributed by atoms with Crippen LogP contribution < -0.4 is 15.8 Å². The number of primary amides is 1. The van der Waals surface area contributed by atoms with Gasteiger partial charge in [-0.1, -0.05) is 29.3 Å². The number of benzene rings is 1. The lowest BCUT2D eigenvalue weighted by atomic mass is 10.1. The first-order chi connectivity index (χ1) is 18.6. The van der Waals surface area contributed by atoms with Crippen molar-refractivity contribution in [2.24, 2.45) is 5.73 Å². The number of nitrogens with one attached hydrogen (secondary N) is 1. The van der Waals surface area contributed by atoms with Crippen molar-refractivity contribution in [1.82, 2.24) is 14.8 Å². The van der Waals surface area contributed by atoms with E-state index in [9.17, 15) is 18.4 Å². The zero-order valence-electron chi connectivity index (χ0n) is 19.9. The van der Waals surface area contributed by atoms with E-state index < -0.39 is 23.9 Å². The first-order valence-corrected chi connectivity index (χ1v) is 13.5. The summed E-state index contributed by atoms with van der Waals surface area (Å²) in [6.45, 7) is 1.82. The third kappa shape index (κ3) is 5.46. The zero-order valence-corrected chi connectivity index (χ0v) is 23.0. The molecule has 4 aromatic heterocycles. The van der Waals surface area contributed by atoms with Gasteiger partial charge in [-0.2, -0.15) is 5.10 Å². The van der Waals surface area contributed by atoms with Gasteiger partial charge in [-0.25, -0.2) is 18.4 Å². The highest BCUT2D eigenvalue weighted by Crippen LogP contribution is 2.44. The molecule has 0 radical (unpaired) electrons. The number of nitrogens with two attached hydrogens (primary N) is 1. The van der Waals surface area contributed by atoms with Crippen molar-refractivity contribution < 1.29 is 23.1 Å². The first-order valence-electron chi connectivity index (χ1n) is 11.2. The lowest BCUT2D eigenvalue weighted by Crippen LogP contribution is -2.17. The van der Waals surface area contributed by atoms with Crippen molar-refractivity contribution in [3.63, 3.8) is 0 Å². The second kappa shape index (κ2) is 10.9. The highest BCUT2D eigenvalue weighted by molar-refractivity contribution is 7.21. The van der Waals surface area contributed by atoms with Gasteiger partial charge in [0.1, 0.15) is 26.2 Å². The molecule has 39 heavy (non-hydrogen) atoms.